The fourth-order valence-electron chi connectivity index (χ4n) is 2.80. The van der Waals surface area contributed by atoms with Crippen LogP contribution in [0.15, 0.2) is 64.9 Å². The lowest BCUT2D eigenvalue weighted by Crippen LogP contribution is -2.22. The Bertz CT molecular complexity index is 1220. The number of rotatable bonds is 7. The largest absolute Gasteiger partial charge is 0.497 e. The maximum absolute atomic E-state index is 12.7. The standard InChI is InChI=1S/C22H19N3O3S3/c1-13(20(26)25-22-24-17-9-8-15(28-2)12-19(17)31-22)30-16-6-3-5-14(11-16)23-21(27)18-7-4-10-29-18/h3-13H,1-2H3,(H,23,27)(H,24,25,26). The van der Waals surface area contributed by atoms with Crippen LogP contribution in [-0.2, 0) is 4.79 Å². The summed E-state index contributed by atoms with van der Waals surface area (Å²) < 4.78 is 6.18. The molecule has 2 N–H and O–H groups in total. The fraction of sp³-hybridized carbons (Fsp3) is 0.136. The molecule has 9 heteroatoms. The molecule has 1 unspecified atom stereocenters. The number of carbonyl (C=O) groups excluding carboxylic acids is 2. The molecule has 0 radical (unpaired) electrons. The summed E-state index contributed by atoms with van der Waals surface area (Å²) in [7, 11) is 1.62. The number of benzene rings is 2. The number of anilines is 2. The molecule has 2 heterocycles. The number of ether oxygens (including phenoxy) is 1. The summed E-state index contributed by atoms with van der Waals surface area (Å²) in [6.07, 6.45) is 0. The Kier molecular flexibility index (Phi) is 6.55. The third-order valence-electron chi connectivity index (χ3n) is 4.34. The van der Waals surface area contributed by atoms with Gasteiger partial charge in [0.15, 0.2) is 5.13 Å². The molecule has 6 nitrogen and oxygen atoms in total. The first-order valence-corrected chi connectivity index (χ1v) is 12.0. The number of thiophene rings is 1. The molecular weight excluding hydrogens is 450 g/mol. The van der Waals surface area contributed by atoms with E-state index in [1.807, 2.05) is 60.8 Å². The van der Waals surface area contributed by atoms with E-state index in [-0.39, 0.29) is 17.1 Å². The molecule has 31 heavy (non-hydrogen) atoms. The van der Waals surface area contributed by atoms with Crippen LogP contribution in [0.3, 0.4) is 0 Å². The van der Waals surface area contributed by atoms with Gasteiger partial charge in [0.25, 0.3) is 5.91 Å². The Balaban J connectivity index is 1.39. The Morgan fingerprint density at radius 1 is 1.10 bits per heavy atom. The quantitative estimate of drug-likeness (QED) is 0.338. The van der Waals surface area contributed by atoms with Crippen molar-refractivity contribution in [3.63, 3.8) is 0 Å². The summed E-state index contributed by atoms with van der Waals surface area (Å²) in [5.41, 5.74) is 1.51. The Morgan fingerprint density at radius 3 is 2.74 bits per heavy atom. The van der Waals surface area contributed by atoms with E-state index < -0.39 is 0 Å². The summed E-state index contributed by atoms with van der Waals surface area (Å²) >= 11 is 4.22. The molecule has 0 aliphatic rings. The van der Waals surface area contributed by atoms with Gasteiger partial charge in [0.05, 0.1) is 27.5 Å². The highest BCUT2D eigenvalue weighted by atomic mass is 32.2. The Morgan fingerprint density at radius 2 is 1.97 bits per heavy atom. The number of hydrogen-bond donors (Lipinski definition) is 2. The molecule has 4 rings (SSSR count). The van der Waals surface area contributed by atoms with Gasteiger partial charge in [0.2, 0.25) is 5.91 Å². The lowest BCUT2D eigenvalue weighted by molar-refractivity contribution is -0.115. The summed E-state index contributed by atoms with van der Waals surface area (Å²) in [5.74, 6) is 0.475. The Labute approximate surface area is 191 Å². The minimum absolute atomic E-state index is 0.135. The molecule has 0 spiro atoms. The van der Waals surface area contributed by atoms with Gasteiger partial charge in [0.1, 0.15) is 5.75 Å². The fourth-order valence-corrected chi connectivity index (χ4v) is 5.24. The van der Waals surface area contributed by atoms with Gasteiger partial charge in [-0.15, -0.1) is 23.1 Å². The molecule has 1 atom stereocenters. The third kappa shape index (κ3) is 5.25. The van der Waals surface area contributed by atoms with Crippen LogP contribution >= 0.6 is 34.4 Å². The van der Waals surface area contributed by atoms with Gasteiger partial charge >= 0.3 is 0 Å². The average molecular weight is 470 g/mol. The van der Waals surface area contributed by atoms with Gasteiger partial charge in [-0.3, -0.25) is 9.59 Å². The number of fused-ring (bicyclic) bond motifs is 1. The average Bonchev–Trinajstić information content (AvgIpc) is 3.43. The van der Waals surface area contributed by atoms with Crippen LogP contribution in [-0.4, -0.2) is 29.2 Å². The molecule has 2 amide bonds. The highest BCUT2D eigenvalue weighted by Crippen LogP contribution is 2.31. The van der Waals surface area contributed by atoms with Gasteiger partial charge in [-0.1, -0.05) is 23.5 Å². The zero-order valence-corrected chi connectivity index (χ0v) is 19.2. The zero-order chi connectivity index (χ0) is 21.8. The van der Waals surface area contributed by atoms with Gasteiger partial charge < -0.3 is 15.4 Å². The van der Waals surface area contributed by atoms with Crippen LogP contribution in [0.2, 0.25) is 0 Å². The minimum Gasteiger partial charge on any atom is -0.497 e. The van der Waals surface area contributed by atoms with Crippen molar-refractivity contribution in [1.82, 2.24) is 4.98 Å². The first kappa shape index (κ1) is 21.4. The maximum Gasteiger partial charge on any atom is 0.265 e. The number of thioether (sulfide) groups is 1. The van der Waals surface area contributed by atoms with Crippen molar-refractivity contribution in [2.24, 2.45) is 0 Å². The molecule has 4 aromatic rings. The molecule has 158 valence electrons. The van der Waals surface area contributed by atoms with E-state index in [9.17, 15) is 9.59 Å². The molecule has 0 saturated carbocycles. The summed E-state index contributed by atoms with van der Waals surface area (Å²) in [4.78, 5) is 30.9. The number of aromatic nitrogens is 1. The van der Waals surface area contributed by atoms with Crippen LogP contribution in [0, 0.1) is 0 Å². The van der Waals surface area contributed by atoms with E-state index >= 15 is 0 Å². The molecule has 0 aliphatic carbocycles. The monoisotopic (exact) mass is 469 g/mol. The first-order valence-electron chi connectivity index (χ1n) is 9.39. The van der Waals surface area contributed by atoms with Crippen molar-refractivity contribution in [2.45, 2.75) is 17.1 Å². The second-order valence-electron chi connectivity index (χ2n) is 6.56. The van der Waals surface area contributed by atoms with Crippen LogP contribution < -0.4 is 15.4 Å². The SMILES string of the molecule is COc1ccc2nc(NC(=O)C(C)Sc3cccc(NC(=O)c4cccs4)c3)sc2c1. The van der Waals surface area contributed by atoms with E-state index in [1.54, 1.807) is 13.2 Å². The second-order valence-corrected chi connectivity index (χ2v) is 9.95. The van der Waals surface area contributed by atoms with Crippen molar-refractivity contribution in [2.75, 3.05) is 17.7 Å². The summed E-state index contributed by atoms with van der Waals surface area (Å²) in [5, 5.41) is 7.86. The predicted octanol–water partition coefficient (Wildman–Crippen LogP) is 5.74. The lowest BCUT2D eigenvalue weighted by Gasteiger charge is -2.11. The van der Waals surface area contributed by atoms with Crippen LogP contribution in [0.4, 0.5) is 10.8 Å². The second kappa shape index (κ2) is 9.51. The number of methoxy groups -OCH3 is 1. The molecule has 2 aromatic carbocycles. The van der Waals surface area contributed by atoms with Gasteiger partial charge in [-0.05, 0) is 54.8 Å². The van der Waals surface area contributed by atoms with Crippen LogP contribution in [0.5, 0.6) is 5.75 Å². The number of nitrogens with one attached hydrogen (secondary N) is 2. The Hall–Kier alpha value is -2.88. The van der Waals surface area contributed by atoms with Crippen LogP contribution in [0.1, 0.15) is 16.6 Å². The van der Waals surface area contributed by atoms with Gasteiger partial charge in [-0.25, -0.2) is 4.98 Å². The molecule has 0 fully saturated rings. The summed E-state index contributed by atoms with van der Waals surface area (Å²) in [6.45, 7) is 1.84. The molecule has 0 bridgehead atoms. The van der Waals surface area contributed by atoms with Gasteiger partial charge in [-0.2, -0.15) is 0 Å². The minimum atomic E-state index is -0.343. The molecule has 0 aliphatic heterocycles. The molecule has 2 aromatic heterocycles. The van der Waals surface area contributed by atoms with Crippen molar-refractivity contribution >= 4 is 67.3 Å². The molecular formula is C22H19N3O3S3. The highest BCUT2D eigenvalue weighted by Gasteiger charge is 2.17. The molecule has 0 saturated heterocycles. The van der Waals surface area contributed by atoms with Crippen molar-refractivity contribution in [1.29, 1.82) is 0 Å². The van der Waals surface area contributed by atoms with Gasteiger partial charge in [0, 0.05) is 10.6 Å². The number of nitrogens with zero attached hydrogens (tertiary/aromatic N) is 1. The number of hydrogen-bond acceptors (Lipinski definition) is 7. The van der Waals surface area contributed by atoms with E-state index in [0.717, 1.165) is 20.9 Å². The highest BCUT2D eigenvalue weighted by molar-refractivity contribution is 8.00. The number of carbonyl (C=O) groups is 2. The van der Waals surface area contributed by atoms with Crippen molar-refractivity contribution in [3.05, 3.63) is 64.9 Å². The number of thiazole rings is 1. The zero-order valence-electron chi connectivity index (χ0n) is 16.7. The van der Waals surface area contributed by atoms with E-state index in [1.165, 1.54) is 34.4 Å². The van der Waals surface area contributed by atoms with Crippen molar-refractivity contribution in [3.8, 4) is 5.75 Å². The van der Waals surface area contributed by atoms with E-state index in [4.69, 9.17) is 4.74 Å². The van der Waals surface area contributed by atoms with E-state index in [0.29, 0.717) is 15.7 Å². The maximum atomic E-state index is 12.7. The predicted molar refractivity (Wildman–Crippen MR) is 129 cm³/mol. The lowest BCUT2D eigenvalue weighted by atomic mass is 10.3. The third-order valence-corrected chi connectivity index (χ3v) is 7.24. The smallest absolute Gasteiger partial charge is 0.265 e. The number of amides is 2. The van der Waals surface area contributed by atoms with Crippen LogP contribution in [0.25, 0.3) is 10.2 Å². The summed E-state index contributed by atoms with van der Waals surface area (Å²) in [6, 6.07) is 16.7. The van der Waals surface area contributed by atoms with Crippen molar-refractivity contribution < 1.29 is 14.3 Å². The topological polar surface area (TPSA) is 80.3 Å². The normalized spacial score (nSPS) is 11.8. The first-order chi connectivity index (χ1) is 15.0. The van der Waals surface area contributed by atoms with E-state index in [2.05, 4.69) is 15.6 Å².